The summed E-state index contributed by atoms with van der Waals surface area (Å²) in [4.78, 5) is 1.91. The highest BCUT2D eigenvalue weighted by Crippen LogP contribution is 2.45. The van der Waals surface area contributed by atoms with E-state index in [1.54, 1.807) is 0 Å². The molecule has 1 nitrogen and oxygen atoms in total. The summed E-state index contributed by atoms with van der Waals surface area (Å²) in [5.41, 5.74) is 1.28. The minimum atomic E-state index is -0.427. The Morgan fingerprint density at radius 3 is 2.05 bits per heavy atom. The summed E-state index contributed by atoms with van der Waals surface area (Å²) in [6, 6.07) is 2.89. The van der Waals surface area contributed by atoms with E-state index in [1.165, 1.54) is 44.2 Å². The third-order valence-corrected chi connectivity index (χ3v) is 5.93. The van der Waals surface area contributed by atoms with Crippen LogP contribution < -0.4 is 4.90 Å². The molecule has 21 heavy (non-hydrogen) atoms. The summed E-state index contributed by atoms with van der Waals surface area (Å²) < 4.78 is 28.4. The molecule has 1 saturated carbocycles. The number of benzene rings is 1. The largest absolute Gasteiger partial charge is 0.367 e. The molecule has 1 spiro atoms. The van der Waals surface area contributed by atoms with Gasteiger partial charge in [-0.3, -0.25) is 0 Å². The van der Waals surface area contributed by atoms with Crippen molar-refractivity contribution in [2.24, 2.45) is 5.41 Å². The maximum absolute atomic E-state index is 14.2. The number of alkyl halides is 1. The number of halogens is 3. The van der Waals surface area contributed by atoms with Crippen molar-refractivity contribution in [1.29, 1.82) is 0 Å². The van der Waals surface area contributed by atoms with E-state index < -0.39 is 11.6 Å². The average Bonchev–Trinajstić information content (AvgIpc) is 2.49. The lowest BCUT2D eigenvalue weighted by atomic mass is 9.68. The van der Waals surface area contributed by atoms with Crippen molar-refractivity contribution in [3.8, 4) is 0 Å². The van der Waals surface area contributed by atoms with Gasteiger partial charge in [-0.1, -0.05) is 35.2 Å². The molecule has 3 rings (SSSR count). The van der Waals surface area contributed by atoms with Gasteiger partial charge in [-0.15, -0.1) is 0 Å². The van der Waals surface area contributed by atoms with Gasteiger partial charge in [0.05, 0.1) is 0 Å². The minimum absolute atomic E-state index is 0.172. The Kier molecular flexibility index (Phi) is 4.53. The van der Waals surface area contributed by atoms with Crippen molar-refractivity contribution in [2.75, 3.05) is 18.0 Å². The number of rotatable bonds is 2. The summed E-state index contributed by atoms with van der Waals surface area (Å²) in [7, 11) is 0. The molecule has 0 amide bonds. The van der Waals surface area contributed by atoms with Crippen molar-refractivity contribution < 1.29 is 8.78 Å². The number of anilines is 1. The molecule has 1 aromatic rings. The second-order valence-corrected chi connectivity index (χ2v) is 7.15. The molecule has 116 valence electrons. The molecule has 0 radical (unpaired) electrons. The first-order valence-electron chi connectivity index (χ1n) is 7.92. The average molecular weight is 358 g/mol. The number of piperidine rings is 1. The molecule has 2 fully saturated rings. The van der Waals surface area contributed by atoms with Crippen LogP contribution in [0.3, 0.4) is 0 Å². The maximum Gasteiger partial charge on any atom is 0.149 e. The molecule has 1 saturated heterocycles. The van der Waals surface area contributed by atoms with Crippen LogP contribution in [0.2, 0.25) is 0 Å². The zero-order chi connectivity index (χ0) is 14.9. The molecule has 1 aliphatic carbocycles. The van der Waals surface area contributed by atoms with E-state index in [0.29, 0.717) is 16.3 Å². The van der Waals surface area contributed by atoms with Gasteiger partial charge in [-0.05, 0) is 48.8 Å². The summed E-state index contributed by atoms with van der Waals surface area (Å²) in [6.07, 6.45) is 8.74. The van der Waals surface area contributed by atoms with Crippen LogP contribution in [0.5, 0.6) is 0 Å². The van der Waals surface area contributed by atoms with E-state index in [9.17, 15) is 8.78 Å². The fourth-order valence-corrected chi connectivity index (χ4v) is 4.33. The molecule has 1 heterocycles. The highest BCUT2D eigenvalue weighted by atomic mass is 79.9. The number of nitrogens with zero attached hydrogens (tertiary/aromatic N) is 1. The molecule has 4 heteroatoms. The van der Waals surface area contributed by atoms with Crippen LogP contribution in [0.4, 0.5) is 14.5 Å². The van der Waals surface area contributed by atoms with Gasteiger partial charge in [0.2, 0.25) is 0 Å². The third kappa shape index (κ3) is 3.10. The summed E-state index contributed by atoms with van der Waals surface area (Å²) in [5, 5.41) is 0.476. The van der Waals surface area contributed by atoms with Crippen LogP contribution in [0.25, 0.3) is 0 Å². The van der Waals surface area contributed by atoms with Gasteiger partial charge < -0.3 is 4.90 Å². The fourth-order valence-electron chi connectivity index (χ4n) is 4.00. The van der Waals surface area contributed by atoms with Crippen LogP contribution in [0.1, 0.15) is 50.5 Å². The third-order valence-electron chi connectivity index (χ3n) is 5.29. The predicted molar refractivity (Wildman–Crippen MR) is 86.0 cm³/mol. The van der Waals surface area contributed by atoms with Gasteiger partial charge >= 0.3 is 0 Å². The van der Waals surface area contributed by atoms with Gasteiger partial charge in [0.1, 0.15) is 17.3 Å². The van der Waals surface area contributed by atoms with E-state index in [0.717, 1.165) is 25.9 Å². The number of hydrogen-bond donors (Lipinski definition) is 0. The first kappa shape index (κ1) is 15.3. The van der Waals surface area contributed by atoms with E-state index in [4.69, 9.17) is 0 Å². The zero-order valence-electron chi connectivity index (χ0n) is 12.3. The van der Waals surface area contributed by atoms with E-state index in [2.05, 4.69) is 15.9 Å². The smallest absolute Gasteiger partial charge is 0.149 e. The van der Waals surface area contributed by atoms with Crippen molar-refractivity contribution in [2.45, 2.75) is 50.3 Å². The Morgan fingerprint density at radius 1 is 0.952 bits per heavy atom. The highest BCUT2D eigenvalue weighted by molar-refractivity contribution is 9.08. The summed E-state index contributed by atoms with van der Waals surface area (Å²) in [6.45, 7) is 1.56. The highest BCUT2D eigenvalue weighted by Gasteiger charge is 2.36. The lowest BCUT2D eigenvalue weighted by Gasteiger charge is -2.45. The molecule has 1 aliphatic heterocycles. The van der Waals surface area contributed by atoms with Crippen molar-refractivity contribution in [3.63, 3.8) is 0 Å². The van der Waals surface area contributed by atoms with E-state index in [-0.39, 0.29) is 5.69 Å². The molecular formula is C17H22BrF2N. The predicted octanol–water partition coefficient (Wildman–Crippen LogP) is 5.41. The Hall–Kier alpha value is -0.640. The van der Waals surface area contributed by atoms with Crippen LogP contribution in [0.15, 0.2) is 12.1 Å². The van der Waals surface area contributed by atoms with Crippen molar-refractivity contribution >= 4 is 21.6 Å². The standard InChI is InChI=1S/C17H22BrF2N/c18-12-13-10-14(19)16(15(20)11-13)21-8-6-17(7-9-21)4-2-1-3-5-17/h10-11H,1-9,12H2. The zero-order valence-corrected chi connectivity index (χ0v) is 13.9. The van der Waals surface area contributed by atoms with E-state index in [1.807, 2.05) is 4.90 Å². The Labute approximate surface area is 133 Å². The van der Waals surface area contributed by atoms with Gasteiger partial charge in [-0.2, -0.15) is 0 Å². The Balaban J connectivity index is 1.75. The Morgan fingerprint density at radius 2 is 1.52 bits per heavy atom. The topological polar surface area (TPSA) is 3.24 Å². The second-order valence-electron chi connectivity index (χ2n) is 6.59. The molecule has 0 bridgehead atoms. The maximum atomic E-state index is 14.2. The first-order chi connectivity index (χ1) is 10.1. The van der Waals surface area contributed by atoms with Crippen LogP contribution >= 0.6 is 15.9 Å². The van der Waals surface area contributed by atoms with Gasteiger partial charge in [-0.25, -0.2) is 8.78 Å². The second kappa shape index (κ2) is 6.23. The normalized spacial score (nSPS) is 21.8. The van der Waals surface area contributed by atoms with Crippen molar-refractivity contribution in [1.82, 2.24) is 0 Å². The first-order valence-corrected chi connectivity index (χ1v) is 9.05. The lowest BCUT2D eigenvalue weighted by Crippen LogP contribution is -2.41. The lowest BCUT2D eigenvalue weighted by molar-refractivity contribution is 0.144. The van der Waals surface area contributed by atoms with Gasteiger partial charge in [0.25, 0.3) is 0 Å². The van der Waals surface area contributed by atoms with E-state index >= 15 is 0 Å². The van der Waals surface area contributed by atoms with Crippen LogP contribution in [0, 0.1) is 17.0 Å². The SMILES string of the molecule is Fc1cc(CBr)cc(F)c1N1CCC2(CCCCC2)CC1. The summed E-state index contributed by atoms with van der Waals surface area (Å²) in [5.74, 6) is -0.854. The molecular weight excluding hydrogens is 336 g/mol. The quantitative estimate of drug-likeness (QED) is 0.639. The minimum Gasteiger partial charge on any atom is -0.367 e. The van der Waals surface area contributed by atoms with Crippen LogP contribution in [-0.2, 0) is 5.33 Å². The molecule has 0 unspecified atom stereocenters. The number of hydrogen-bond acceptors (Lipinski definition) is 1. The molecule has 2 aliphatic rings. The van der Waals surface area contributed by atoms with Crippen molar-refractivity contribution in [3.05, 3.63) is 29.3 Å². The molecule has 0 aromatic heterocycles. The van der Waals surface area contributed by atoms with Gasteiger partial charge in [0, 0.05) is 18.4 Å². The molecule has 0 atom stereocenters. The van der Waals surface area contributed by atoms with Crippen LogP contribution in [-0.4, -0.2) is 13.1 Å². The summed E-state index contributed by atoms with van der Waals surface area (Å²) >= 11 is 3.25. The monoisotopic (exact) mass is 357 g/mol. The fraction of sp³-hybridized carbons (Fsp3) is 0.647. The molecule has 0 N–H and O–H groups in total. The van der Waals surface area contributed by atoms with Gasteiger partial charge in [0.15, 0.2) is 0 Å². The Bertz CT molecular complexity index is 479. The molecule has 1 aromatic carbocycles.